The van der Waals surface area contributed by atoms with Crippen LogP contribution in [-0.2, 0) is 9.16 Å². The van der Waals surface area contributed by atoms with Crippen molar-refractivity contribution >= 4 is 8.32 Å². The van der Waals surface area contributed by atoms with E-state index in [0.717, 1.165) is 19.3 Å². The molecule has 0 aromatic heterocycles. The quantitative estimate of drug-likeness (QED) is 0.453. The molecule has 0 heterocycles. The maximum absolute atomic E-state index is 6.58. The molecule has 0 aliphatic rings. The highest BCUT2D eigenvalue weighted by Crippen LogP contribution is 2.40. The van der Waals surface area contributed by atoms with Crippen LogP contribution in [0.5, 0.6) is 0 Å². The van der Waals surface area contributed by atoms with E-state index in [-0.39, 0.29) is 16.7 Å². The lowest BCUT2D eigenvalue weighted by molar-refractivity contribution is -0.0891. The molecule has 0 aromatic carbocycles. The molecular formula is C16H34O2Si. The Morgan fingerprint density at radius 3 is 2.05 bits per heavy atom. The van der Waals surface area contributed by atoms with Crippen molar-refractivity contribution < 1.29 is 9.16 Å². The van der Waals surface area contributed by atoms with E-state index >= 15 is 0 Å². The van der Waals surface area contributed by atoms with Gasteiger partial charge in [0.25, 0.3) is 0 Å². The Labute approximate surface area is 121 Å². The van der Waals surface area contributed by atoms with Gasteiger partial charge in [-0.1, -0.05) is 33.8 Å². The highest BCUT2D eigenvalue weighted by atomic mass is 28.4. The van der Waals surface area contributed by atoms with Gasteiger partial charge in [0.05, 0.1) is 11.7 Å². The summed E-state index contributed by atoms with van der Waals surface area (Å²) in [5.74, 6) is 0. The normalized spacial score (nSPS) is 17.9. The zero-order chi connectivity index (χ0) is 15.3. The van der Waals surface area contributed by atoms with E-state index in [9.17, 15) is 0 Å². The van der Waals surface area contributed by atoms with E-state index < -0.39 is 8.32 Å². The number of allylic oxidation sites excluding steroid dienone is 1. The fourth-order valence-corrected chi connectivity index (χ4v) is 3.44. The second kappa shape index (κ2) is 7.05. The smallest absolute Gasteiger partial charge is 0.192 e. The van der Waals surface area contributed by atoms with Crippen LogP contribution >= 0.6 is 0 Å². The minimum Gasteiger partial charge on any atom is -0.411 e. The first kappa shape index (κ1) is 18.9. The van der Waals surface area contributed by atoms with Gasteiger partial charge in [0.15, 0.2) is 8.32 Å². The van der Waals surface area contributed by atoms with E-state index in [0.29, 0.717) is 0 Å². The first-order chi connectivity index (χ1) is 8.54. The summed E-state index contributed by atoms with van der Waals surface area (Å²) in [6.07, 6.45) is 5.00. The molecule has 3 heteroatoms. The zero-order valence-corrected chi connectivity index (χ0v) is 15.3. The molecule has 2 atom stereocenters. The van der Waals surface area contributed by atoms with Crippen molar-refractivity contribution in [2.24, 2.45) is 0 Å². The minimum atomic E-state index is -1.76. The van der Waals surface area contributed by atoms with Crippen LogP contribution in [0.4, 0.5) is 0 Å². The number of hydrogen-bond donors (Lipinski definition) is 0. The summed E-state index contributed by atoms with van der Waals surface area (Å²) in [5, 5.41) is 0.230. The van der Waals surface area contributed by atoms with Crippen molar-refractivity contribution in [2.45, 2.75) is 83.7 Å². The first-order valence-electron chi connectivity index (χ1n) is 7.38. The molecule has 0 fully saturated rings. The SMILES string of the molecule is C=CCC[C@@](C)(OC)[C@@H](CC)O[Si](C)(C)C(C)(C)C. The number of rotatable bonds is 8. The average molecular weight is 287 g/mol. The molecule has 0 saturated carbocycles. The summed E-state index contributed by atoms with van der Waals surface area (Å²) in [7, 11) is 0.0324. The number of hydrogen-bond acceptors (Lipinski definition) is 2. The van der Waals surface area contributed by atoms with Gasteiger partial charge in [-0.25, -0.2) is 0 Å². The Kier molecular flexibility index (Phi) is 7.00. The average Bonchev–Trinajstić information content (AvgIpc) is 2.31. The van der Waals surface area contributed by atoms with Crippen molar-refractivity contribution in [3.05, 3.63) is 12.7 Å². The molecule has 0 N–H and O–H groups in total. The zero-order valence-electron chi connectivity index (χ0n) is 14.3. The Morgan fingerprint density at radius 1 is 1.21 bits per heavy atom. The van der Waals surface area contributed by atoms with Crippen LogP contribution < -0.4 is 0 Å². The summed E-state index contributed by atoms with van der Waals surface area (Å²) in [5.41, 5.74) is -0.224. The topological polar surface area (TPSA) is 18.5 Å². The van der Waals surface area contributed by atoms with Crippen molar-refractivity contribution in [2.75, 3.05) is 7.11 Å². The summed E-state index contributed by atoms with van der Waals surface area (Å²) >= 11 is 0. The summed E-state index contributed by atoms with van der Waals surface area (Å²) in [6, 6.07) is 0. The number of ether oxygens (including phenoxy) is 1. The van der Waals surface area contributed by atoms with Crippen LogP contribution in [-0.4, -0.2) is 27.1 Å². The third-order valence-corrected chi connectivity index (χ3v) is 9.09. The van der Waals surface area contributed by atoms with Crippen LogP contribution in [0.25, 0.3) is 0 Å². The molecule has 0 bridgehead atoms. The van der Waals surface area contributed by atoms with Crippen LogP contribution in [0.3, 0.4) is 0 Å². The molecule has 0 rings (SSSR count). The highest BCUT2D eigenvalue weighted by Gasteiger charge is 2.43. The molecule has 0 aliphatic heterocycles. The van der Waals surface area contributed by atoms with Gasteiger partial charge in [-0.15, -0.1) is 6.58 Å². The Morgan fingerprint density at radius 2 is 1.74 bits per heavy atom. The van der Waals surface area contributed by atoms with Gasteiger partial charge in [0.1, 0.15) is 0 Å². The van der Waals surface area contributed by atoms with Gasteiger partial charge < -0.3 is 9.16 Å². The third-order valence-electron chi connectivity index (χ3n) is 4.61. The molecular weight excluding hydrogens is 252 g/mol. The largest absolute Gasteiger partial charge is 0.411 e. The lowest BCUT2D eigenvalue weighted by Crippen LogP contribution is -2.51. The van der Waals surface area contributed by atoms with Crippen molar-refractivity contribution in [1.29, 1.82) is 0 Å². The Bertz CT molecular complexity index is 281. The second-order valence-electron chi connectivity index (χ2n) is 7.12. The molecule has 0 aliphatic carbocycles. The lowest BCUT2D eigenvalue weighted by atomic mass is 9.91. The monoisotopic (exact) mass is 286 g/mol. The molecule has 2 nitrogen and oxygen atoms in total. The van der Waals surface area contributed by atoms with Gasteiger partial charge in [-0.05, 0) is 44.3 Å². The maximum atomic E-state index is 6.58. The van der Waals surface area contributed by atoms with Gasteiger partial charge >= 0.3 is 0 Å². The van der Waals surface area contributed by atoms with Crippen molar-refractivity contribution in [1.82, 2.24) is 0 Å². The maximum Gasteiger partial charge on any atom is 0.192 e. The molecule has 0 spiro atoms. The number of methoxy groups -OCH3 is 1. The molecule has 0 aromatic rings. The molecule has 0 radical (unpaired) electrons. The van der Waals surface area contributed by atoms with Crippen molar-refractivity contribution in [3.8, 4) is 0 Å². The molecule has 0 amide bonds. The fraction of sp³-hybridized carbons (Fsp3) is 0.875. The summed E-state index contributed by atoms with van der Waals surface area (Å²) in [6.45, 7) is 19.6. The predicted molar refractivity (Wildman–Crippen MR) is 87.2 cm³/mol. The lowest BCUT2D eigenvalue weighted by Gasteiger charge is -2.44. The Balaban J connectivity index is 5.03. The van der Waals surface area contributed by atoms with Crippen LogP contribution in [0.2, 0.25) is 18.1 Å². The minimum absolute atomic E-state index is 0.151. The third kappa shape index (κ3) is 5.05. The van der Waals surface area contributed by atoms with Crippen molar-refractivity contribution in [3.63, 3.8) is 0 Å². The molecule has 0 saturated heterocycles. The van der Waals surface area contributed by atoms with Crippen LogP contribution in [0.1, 0.15) is 53.9 Å². The first-order valence-corrected chi connectivity index (χ1v) is 10.3. The standard InChI is InChI=1S/C16H34O2Si/c1-10-12-13-16(6,17-7)14(11-2)18-19(8,9)15(3,4)5/h10,14H,1,11-13H2,2-9H3/t14-,16-/m1/s1. The van der Waals surface area contributed by atoms with E-state index in [1.165, 1.54) is 0 Å². The fourth-order valence-electron chi connectivity index (χ4n) is 1.96. The van der Waals surface area contributed by atoms with E-state index in [1.54, 1.807) is 7.11 Å². The summed E-state index contributed by atoms with van der Waals surface area (Å²) in [4.78, 5) is 0. The van der Waals surface area contributed by atoms with E-state index in [1.807, 2.05) is 6.08 Å². The van der Waals surface area contributed by atoms with Gasteiger partial charge in [-0.2, -0.15) is 0 Å². The van der Waals surface area contributed by atoms with Crippen LogP contribution in [0.15, 0.2) is 12.7 Å². The predicted octanol–water partition coefficient (Wildman–Crippen LogP) is 5.16. The molecule has 0 unspecified atom stereocenters. The second-order valence-corrected chi connectivity index (χ2v) is 11.9. The van der Waals surface area contributed by atoms with E-state index in [2.05, 4.69) is 54.3 Å². The van der Waals surface area contributed by atoms with Gasteiger partial charge in [0, 0.05) is 7.11 Å². The summed E-state index contributed by atoms with van der Waals surface area (Å²) < 4.78 is 12.4. The van der Waals surface area contributed by atoms with Gasteiger partial charge in [-0.3, -0.25) is 0 Å². The molecule has 114 valence electrons. The highest BCUT2D eigenvalue weighted by molar-refractivity contribution is 6.74. The van der Waals surface area contributed by atoms with Gasteiger partial charge in [0.2, 0.25) is 0 Å². The van der Waals surface area contributed by atoms with Crippen LogP contribution in [0, 0.1) is 0 Å². The Hall–Kier alpha value is -0.123. The molecule has 19 heavy (non-hydrogen) atoms. The van der Waals surface area contributed by atoms with E-state index in [4.69, 9.17) is 9.16 Å².